The fraction of sp³-hybridized carbons (Fsp3) is 0.435. The standard InChI is InChI=1S/C23H30O3/c1-3-20-16-12-17-22(21(20)4-2)26-23(24)25-18-11-6-5-8-13-19-14-9-7-10-15-19/h7,9-10,12,14-17H,3-6,8,11,13,18H2,1-2H3. The van der Waals surface area contributed by atoms with Crippen LogP contribution in [0.3, 0.4) is 0 Å². The lowest BCUT2D eigenvalue weighted by atomic mass is 10.0. The molecule has 0 saturated carbocycles. The molecule has 0 amide bonds. The number of benzene rings is 2. The highest BCUT2D eigenvalue weighted by molar-refractivity contribution is 5.64. The maximum atomic E-state index is 11.9. The Balaban J connectivity index is 1.62. The maximum absolute atomic E-state index is 11.9. The second-order valence-corrected chi connectivity index (χ2v) is 6.45. The number of carbonyl (C=O) groups excluding carboxylic acids is 1. The van der Waals surface area contributed by atoms with Crippen LogP contribution >= 0.6 is 0 Å². The van der Waals surface area contributed by atoms with Gasteiger partial charge in [0.15, 0.2) is 0 Å². The van der Waals surface area contributed by atoms with Gasteiger partial charge >= 0.3 is 6.16 Å². The van der Waals surface area contributed by atoms with E-state index in [1.807, 2.05) is 18.2 Å². The molecule has 0 unspecified atom stereocenters. The van der Waals surface area contributed by atoms with Crippen molar-refractivity contribution in [3.05, 3.63) is 65.2 Å². The van der Waals surface area contributed by atoms with Crippen molar-refractivity contribution in [2.75, 3.05) is 6.61 Å². The summed E-state index contributed by atoms with van der Waals surface area (Å²) < 4.78 is 10.6. The number of hydrogen-bond acceptors (Lipinski definition) is 3. The zero-order valence-corrected chi connectivity index (χ0v) is 16.0. The number of hydrogen-bond donors (Lipinski definition) is 0. The first kappa shape index (κ1) is 20.0. The first-order chi connectivity index (χ1) is 12.7. The van der Waals surface area contributed by atoms with Crippen molar-refractivity contribution in [3.63, 3.8) is 0 Å². The second kappa shape index (κ2) is 11.3. The molecule has 26 heavy (non-hydrogen) atoms. The molecule has 0 bridgehead atoms. The summed E-state index contributed by atoms with van der Waals surface area (Å²) in [6.07, 6.45) is 6.52. The van der Waals surface area contributed by atoms with Gasteiger partial charge in [0.2, 0.25) is 0 Å². The molecule has 3 heteroatoms. The zero-order chi connectivity index (χ0) is 18.6. The molecule has 0 spiro atoms. The molecule has 0 aromatic heterocycles. The van der Waals surface area contributed by atoms with Gasteiger partial charge in [0.1, 0.15) is 5.75 Å². The molecule has 0 aliphatic heterocycles. The number of ether oxygens (including phenoxy) is 2. The average Bonchev–Trinajstić information content (AvgIpc) is 2.67. The predicted octanol–water partition coefficient (Wildman–Crippen LogP) is 6.13. The number of aryl methyl sites for hydroxylation is 2. The van der Waals surface area contributed by atoms with Crippen molar-refractivity contribution in [1.29, 1.82) is 0 Å². The average molecular weight is 354 g/mol. The van der Waals surface area contributed by atoms with E-state index in [2.05, 4.69) is 44.2 Å². The van der Waals surface area contributed by atoms with Crippen molar-refractivity contribution < 1.29 is 14.3 Å². The molecule has 3 nitrogen and oxygen atoms in total. The van der Waals surface area contributed by atoms with Gasteiger partial charge in [-0.25, -0.2) is 4.79 Å². The topological polar surface area (TPSA) is 35.5 Å². The Hall–Kier alpha value is -2.29. The molecule has 0 fully saturated rings. The molecule has 0 aliphatic carbocycles. The molecule has 0 atom stereocenters. The Morgan fingerprint density at radius 2 is 1.62 bits per heavy atom. The van der Waals surface area contributed by atoms with E-state index in [9.17, 15) is 4.79 Å². The van der Waals surface area contributed by atoms with Gasteiger partial charge in [0.05, 0.1) is 6.61 Å². The molecule has 2 aromatic rings. The van der Waals surface area contributed by atoms with E-state index in [0.29, 0.717) is 12.4 Å². The molecule has 0 radical (unpaired) electrons. The van der Waals surface area contributed by atoms with Gasteiger partial charge in [-0.3, -0.25) is 0 Å². The molecule has 140 valence electrons. The molecular weight excluding hydrogens is 324 g/mol. The Morgan fingerprint density at radius 1 is 0.846 bits per heavy atom. The normalized spacial score (nSPS) is 10.5. The molecule has 0 aliphatic rings. The van der Waals surface area contributed by atoms with Crippen LogP contribution in [0.2, 0.25) is 0 Å². The van der Waals surface area contributed by atoms with Crippen LogP contribution in [0.25, 0.3) is 0 Å². The van der Waals surface area contributed by atoms with Gasteiger partial charge in [0.25, 0.3) is 0 Å². The SMILES string of the molecule is CCc1cccc(OC(=O)OCCCCCCc2ccccc2)c1CC. The van der Waals surface area contributed by atoms with Crippen LogP contribution in [0.1, 0.15) is 56.2 Å². The van der Waals surface area contributed by atoms with Crippen LogP contribution in [0.5, 0.6) is 5.75 Å². The van der Waals surface area contributed by atoms with E-state index < -0.39 is 6.16 Å². The first-order valence-electron chi connectivity index (χ1n) is 9.73. The fourth-order valence-electron chi connectivity index (χ4n) is 3.14. The highest BCUT2D eigenvalue weighted by Gasteiger charge is 2.11. The third-order valence-electron chi connectivity index (χ3n) is 4.58. The lowest BCUT2D eigenvalue weighted by Gasteiger charge is -2.12. The Bertz CT molecular complexity index is 664. The van der Waals surface area contributed by atoms with Gasteiger partial charge in [-0.15, -0.1) is 0 Å². The molecular formula is C23H30O3. The second-order valence-electron chi connectivity index (χ2n) is 6.45. The number of rotatable bonds is 10. The van der Waals surface area contributed by atoms with Crippen LogP contribution in [0.4, 0.5) is 4.79 Å². The minimum Gasteiger partial charge on any atom is -0.434 e. The zero-order valence-electron chi connectivity index (χ0n) is 16.0. The minimum absolute atomic E-state index is 0.416. The van der Waals surface area contributed by atoms with Crippen LogP contribution in [-0.4, -0.2) is 12.8 Å². The van der Waals surface area contributed by atoms with Crippen molar-refractivity contribution in [2.24, 2.45) is 0 Å². The van der Waals surface area contributed by atoms with Gasteiger partial charge in [-0.05, 0) is 54.9 Å². The highest BCUT2D eigenvalue weighted by Crippen LogP contribution is 2.24. The summed E-state index contributed by atoms with van der Waals surface area (Å²) in [4.78, 5) is 11.9. The van der Waals surface area contributed by atoms with Crippen molar-refractivity contribution in [3.8, 4) is 5.75 Å². The van der Waals surface area contributed by atoms with E-state index in [1.54, 1.807) is 0 Å². The van der Waals surface area contributed by atoms with Crippen LogP contribution < -0.4 is 4.74 Å². The highest BCUT2D eigenvalue weighted by atomic mass is 16.7. The van der Waals surface area contributed by atoms with E-state index in [4.69, 9.17) is 9.47 Å². The van der Waals surface area contributed by atoms with Crippen molar-refractivity contribution in [2.45, 2.75) is 58.8 Å². The molecule has 0 N–H and O–H groups in total. The monoisotopic (exact) mass is 354 g/mol. The maximum Gasteiger partial charge on any atom is 0.513 e. The van der Waals surface area contributed by atoms with E-state index >= 15 is 0 Å². The Morgan fingerprint density at radius 3 is 2.35 bits per heavy atom. The fourth-order valence-corrected chi connectivity index (χ4v) is 3.14. The minimum atomic E-state index is -0.600. The summed E-state index contributed by atoms with van der Waals surface area (Å²) in [6, 6.07) is 16.4. The summed E-state index contributed by atoms with van der Waals surface area (Å²) in [5.74, 6) is 0.625. The Kier molecular flexibility index (Phi) is 8.74. The van der Waals surface area contributed by atoms with Crippen molar-refractivity contribution >= 4 is 6.16 Å². The third kappa shape index (κ3) is 6.55. The van der Waals surface area contributed by atoms with Gasteiger partial charge in [-0.1, -0.05) is 69.2 Å². The first-order valence-corrected chi connectivity index (χ1v) is 9.73. The van der Waals surface area contributed by atoms with Crippen LogP contribution in [0.15, 0.2) is 48.5 Å². The number of carbonyl (C=O) groups is 1. The van der Waals surface area contributed by atoms with Gasteiger partial charge in [0, 0.05) is 0 Å². The van der Waals surface area contributed by atoms with E-state index in [0.717, 1.165) is 50.5 Å². The summed E-state index contributed by atoms with van der Waals surface area (Å²) in [7, 11) is 0. The number of unbranched alkanes of at least 4 members (excludes halogenated alkanes) is 3. The van der Waals surface area contributed by atoms with Gasteiger partial charge < -0.3 is 9.47 Å². The molecule has 2 rings (SSSR count). The van der Waals surface area contributed by atoms with Gasteiger partial charge in [-0.2, -0.15) is 0 Å². The van der Waals surface area contributed by atoms with Crippen LogP contribution in [-0.2, 0) is 24.0 Å². The van der Waals surface area contributed by atoms with Crippen LogP contribution in [0, 0.1) is 0 Å². The third-order valence-corrected chi connectivity index (χ3v) is 4.58. The summed E-state index contributed by atoms with van der Waals surface area (Å²) >= 11 is 0. The lowest BCUT2D eigenvalue weighted by molar-refractivity contribution is 0.0969. The van der Waals surface area contributed by atoms with Crippen molar-refractivity contribution in [1.82, 2.24) is 0 Å². The lowest BCUT2D eigenvalue weighted by Crippen LogP contribution is -2.13. The smallest absolute Gasteiger partial charge is 0.434 e. The summed E-state index contributed by atoms with van der Waals surface area (Å²) in [5, 5.41) is 0. The molecule has 0 heterocycles. The summed E-state index contributed by atoms with van der Waals surface area (Å²) in [5.41, 5.74) is 3.69. The van der Waals surface area contributed by atoms with E-state index in [1.165, 1.54) is 11.1 Å². The summed E-state index contributed by atoms with van der Waals surface area (Å²) in [6.45, 7) is 4.59. The molecule has 0 saturated heterocycles. The quantitative estimate of drug-likeness (QED) is 0.292. The largest absolute Gasteiger partial charge is 0.513 e. The predicted molar refractivity (Wildman–Crippen MR) is 106 cm³/mol. The molecule has 2 aromatic carbocycles. The Labute approximate surface area is 157 Å². The van der Waals surface area contributed by atoms with E-state index in [-0.39, 0.29) is 0 Å².